The van der Waals surface area contributed by atoms with E-state index in [2.05, 4.69) is 6.92 Å². The summed E-state index contributed by atoms with van der Waals surface area (Å²) < 4.78 is 0. The van der Waals surface area contributed by atoms with E-state index >= 15 is 0 Å². The van der Waals surface area contributed by atoms with E-state index in [1.165, 1.54) is 6.42 Å². The van der Waals surface area contributed by atoms with Gasteiger partial charge in [-0.25, -0.2) is 0 Å². The van der Waals surface area contributed by atoms with E-state index in [-0.39, 0.29) is 37.7 Å². The molecule has 6 heavy (non-hydrogen) atoms. The molecule has 0 aliphatic carbocycles. The monoisotopic (exact) mass is 134 g/mol. The van der Waals surface area contributed by atoms with Gasteiger partial charge in [-0.1, -0.05) is 13.3 Å². The van der Waals surface area contributed by atoms with Crippen molar-refractivity contribution >= 4 is 49.3 Å². The molecule has 0 unspecified atom stereocenters. The number of unbranched alkanes of at least 4 members (excludes halogenated alkanes) is 1. The third kappa shape index (κ3) is 9.12. The van der Waals surface area contributed by atoms with Gasteiger partial charge in [0.1, 0.15) is 0 Å². The number of hydrogen-bond donors (Lipinski definition) is 0. The van der Waals surface area contributed by atoms with Crippen LogP contribution in [0.2, 0.25) is 0 Å². The third-order valence-corrected chi connectivity index (χ3v) is 0.754. The topological polar surface area (TPSA) is 0 Å². The molecule has 0 heterocycles. The van der Waals surface area contributed by atoms with Crippen LogP contribution in [0, 0.1) is 0 Å². The van der Waals surface area contributed by atoms with Gasteiger partial charge in [0, 0.05) is 5.88 Å². The van der Waals surface area contributed by atoms with Crippen molar-refractivity contribution in [2.45, 2.75) is 19.8 Å². The van der Waals surface area contributed by atoms with E-state index in [9.17, 15) is 0 Å². The van der Waals surface area contributed by atoms with Crippen molar-refractivity contribution in [3.8, 4) is 0 Å². The van der Waals surface area contributed by atoms with Gasteiger partial charge in [-0.2, -0.15) is 0 Å². The summed E-state index contributed by atoms with van der Waals surface area (Å²) in [5, 5.41) is 0. The van der Waals surface area contributed by atoms with E-state index in [4.69, 9.17) is 11.6 Å². The fourth-order valence-electron chi connectivity index (χ4n) is 0.134. The zero-order valence-corrected chi connectivity index (χ0v) is 4.26. The van der Waals surface area contributed by atoms with E-state index < -0.39 is 0 Å². The SMILES string of the molecule is CCCCCl.[CaH2]. The Morgan fingerprint density at radius 3 is 2.00 bits per heavy atom. The number of hydrogen-bond acceptors (Lipinski definition) is 0. The average Bonchev–Trinajstić information content (AvgIpc) is 1.41. The summed E-state index contributed by atoms with van der Waals surface area (Å²) in [5.74, 6) is 0.816. The van der Waals surface area contributed by atoms with E-state index in [1.807, 2.05) is 0 Å². The van der Waals surface area contributed by atoms with E-state index in [0.717, 1.165) is 12.3 Å². The fourth-order valence-corrected chi connectivity index (χ4v) is 0.401. The van der Waals surface area contributed by atoms with Crippen molar-refractivity contribution in [3.05, 3.63) is 0 Å². The second kappa shape index (κ2) is 9.75. The molecule has 0 saturated carbocycles. The molecule has 0 aliphatic rings. The van der Waals surface area contributed by atoms with Gasteiger partial charge in [-0.3, -0.25) is 0 Å². The molecule has 0 aromatic carbocycles. The van der Waals surface area contributed by atoms with Crippen LogP contribution in [-0.4, -0.2) is 43.6 Å². The average molecular weight is 135 g/mol. The van der Waals surface area contributed by atoms with Crippen LogP contribution in [0.5, 0.6) is 0 Å². The predicted octanol–water partition coefficient (Wildman–Crippen LogP) is 1.11. The molecule has 0 saturated heterocycles. The molecular weight excluding hydrogens is 124 g/mol. The number of halogens is 1. The van der Waals surface area contributed by atoms with Crippen LogP contribution in [0.3, 0.4) is 0 Å². The van der Waals surface area contributed by atoms with Crippen LogP contribution in [0.4, 0.5) is 0 Å². The number of rotatable bonds is 2. The van der Waals surface area contributed by atoms with E-state index in [0.29, 0.717) is 0 Å². The molecule has 0 spiro atoms. The quantitative estimate of drug-likeness (QED) is 0.392. The molecule has 0 aliphatic heterocycles. The van der Waals surface area contributed by atoms with Gasteiger partial charge >= 0.3 is 37.7 Å². The van der Waals surface area contributed by atoms with Crippen LogP contribution < -0.4 is 0 Å². The Morgan fingerprint density at radius 1 is 1.50 bits per heavy atom. The predicted molar refractivity (Wildman–Crippen MR) is 34.2 cm³/mol. The molecule has 0 fully saturated rings. The van der Waals surface area contributed by atoms with Crippen LogP contribution in [0.1, 0.15) is 19.8 Å². The van der Waals surface area contributed by atoms with Crippen molar-refractivity contribution < 1.29 is 0 Å². The van der Waals surface area contributed by atoms with Crippen molar-refractivity contribution in [1.29, 1.82) is 0 Å². The summed E-state index contributed by atoms with van der Waals surface area (Å²) >= 11 is 5.30. The van der Waals surface area contributed by atoms with Crippen molar-refractivity contribution in [2.24, 2.45) is 0 Å². The second-order valence-electron chi connectivity index (χ2n) is 1.04. The van der Waals surface area contributed by atoms with Gasteiger partial charge in [0.2, 0.25) is 0 Å². The molecule has 0 radical (unpaired) electrons. The molecule has 0 N–H and O–H groups in total. The molecule has 0 aromatic rings. The molecule has 0 nitrogen and oxygen atoms in total. The van der Waals surface area contributed by atoms with Gasteiger partial charge < -0.3 is 0 Å². The summed E-state index contributed by atoms with van der Waals surface area (Å²) in [6, 6.07) is 0. The summed E-state index contributed by atoms with van der Waals surface area (Å²) in [5.41, 5.74) is 0. The van der Waals surface area contributed by atoms with Crippen LogP contribution in [-0.2, 0) is 0 Å². The van der Waals surface area contributed by atoms with Crippen molar-refractivity contribution in [2.75, 3.05) is 5.88 Å². The molecule has 0 atom stereocenters. The maximum absolute atomic E-state index is 5.30. The Kier molecular flexibility index (Phi) is 17.1. The van der Waals surface area contributed by atoms with Gasteiger partial charge in [-0.15, -0.1) is 11.6 Å². The number of alkyl halides is 1. The van der Waals surface area contributed by atoms with Gasteiger partial charge in [0.05, 0.1) is 0 Å². The molecule has 0 aromatic heterocycles. The Hall–Kier alpha value is 1.55. The third-order valence-electron chi connectivity index (χ3n) is 0.487. The van der Waals surface area contributed by atoms with Crippen LogP contribution >= 0.6 is 11.6 Å². The summed E-state index contributed by atoms with van der Waals surface area (Å²) in [4.78, 5) is 0. The van der Waals surface area contributed by atoms with Crippen molar-refractivity contribution in [1.82, 2.24) is 0 Å². The van der Waals surface area contributed by atoms with Gasteiger partial charge in [-0.05, 0) is 6.42 Å². The minimum absolute atomic E-state index is 0. The van der Waals surface area contributed by atoms with Crippen LogP contribution in [0.15, 0.2) is 0 Å². The Morgan fingerprint density at radius 2 is 2.00 bits per heavy atom. The van der Waals surface area contributed by atoms with Gasteiger partial charge in [0.25, 0.3) is 0 Å². The normalized spacial score (nSPS) is 7.00. The van der Waals surface area contributed by atoms with Crippen LogP contribution in [0.25, 0.3) is 0 Å². The molecular formula is C4H11CaCl. The Bertz CT molecular complexity index is 15.0. The second-order valence-corrected chi connectivity index (χ2v) is 1.42. The van der Waals surface area contributed by atoms with Crippen molar-refractivity contribution in [3.63, 3.8) is 0 Å². The zero-order chi connectivity index (χ0) is 4.12. The molecule has 0 bridgehead atoms. The standard InChI is InChI=1S/C4H9Cl.Ca.2H/c1-2-3-4-5;;;/h2-4H2,1H3;;;. The maximum atomic E-state index is 5.30. The first-order chi connectivity index (χ1) is 2.41. The first-order valence-electron chi connectivity index (χ1n) is 1.97. The molecule has 36 valence electrons. The first kappa shape index (κ1) is 10.5. The van der Waals surface area contributed by atoms with E-state index in [1.54, 1.807) is 0 Å². The van der Waals surface area contributed by atoms with Gasteiger partial charge in [0.15, 0.2) is 0 Å². The molecule has 2 heteroatoms. The molecule has 0 amide bonds. The molecule has 0 rings (SSSR count). The summed E-state index contributed by atoms with van der Waals surface area (Å²) in [6.07, 6.45) is 2.37. The zero-order valence-electron chi connectivity index (χ0n) is 3.50. The minimum atomic E-state index is 0. The first-order valence-corrected chi connectivity index (χ1v) is 2.51. The Balaban J connectivity index is 0. The fraction of sp³-hybridized carbons (Fsp3) is 1.00. The Labute approximate surface area is 74.3 Å². The summed E-state index contributed by atoms with van der Waals surface area (Å²) in [6.45, 7) is 2.13. The summed E-state index contributed by atoms with van der Waals surface area (Å²) in [7, 11) is 0.